The lowest BCUT2D eigenvalue weighted by Crippen LogP contribution is -2.23. The standard InChI is InChI=1S/C16H15N5O3S/c1-11(22)12-4-6-14(7-5-12)25(23,24)18-10-15-19-16(21-20-15)13-3-2-8-17-9-13/h2-9,18H,10H2,1H3,(H,19,20,21). The van der Waals surface area contributed by atoms with Gasteiger partial charge in [0, 0.05) is 23.5 Å². The molecule has 2 heterocycles. The van der Waals surface area contributed by atoms with E-state index in [0.717, 1.165) is 5.56 Å². The minimum Gasteiger partial charge on any atom is -0.295 e. The summed E-state index contributed by atoms with van der Waals surface area (Å²) in [4.78, 5) is 19.5. The number of rotatable bonds is 6. The van der Waals surface area contributed by atoms with Crippen LogP contribution in [0.1, 0.15) is 23.1 Å². The number of nitrogens with zero attached hydrogens (tertiary/aromatic N) is 3. The summed E-state index contributed by atoms with van der Waals surface area (Å²) in [6, 6.07) is 9.30. The zero-order chi connectivity index (χ0) is 17.9. The third kappa shape index (κ3) is 3.95. The Morgan fingerprint density at radius 1 is 1.20 bits per heavy atom. The zero-order valence-corrected chi connectivity index (χ0v) is 14.1. The number of nitrogens with one attached hydrogen (secondary N) is 2. The lowest BCUT2D eigenvalue weighted by Gasteiger charge is -2.05. The molecule has 25 heavy (non-hydrogen) atoms. The Bertz CT molecular complexity index is 982. The Labute approximate surface area is 144 Å². The second kappa shape index (κ2) is 6.91. The summed E-state index contributed by atoms with van der Waals surface area (Å²) in [6.07, 6.45) is 3.26. The first-order valence-electron chi connectivity index (χ1n) is 7.38. The molecule has 0 aliphatic heterocycles. The van der Waals surface area contributed by atoms with E-state index in [0.29, 0.717) is 17.2 Å². The molecule has 2 aromatic heterocycles. The molecule has 0 radical (unpaired) electrons. The molecule has 0 aliphatic carbocycles. The van der Waals surface area contributed by atoms with Crippen molar-refractivity contribution < 1.29 is 13.2 Å². The van der Waals surface area contributed by atoms with Crippen LogP contribution in [-0.4, -0.2) is 34.4 Å². The maximum absolute atomic E-state index is 12.3. The van der Waals surface area contributed by atoms with Crippen molar-refractivity contribution in [3.05, 3.63) is 60.2 Å². The average Bonchev–Trinajstić information content (AvgIpc) is 3.10. The third-order valence-corrected chi connectivity index (χ3v) is 4.87. The van der Waals surface area contributed by atoms with Gasteiger partial charge in [-0.1, -0.05) is 12.1 Å². The summed E-state index contributed by atoms with van der Waals surface area (Å²) in [6.45, 7) is 1.38. The molecule has 0 saturated carbocycles. The van der Waals surface area contributed by atoms with Crippen molar-refractivity contribution in [1.29, 1.82) is 0 Å². The molecule has 0 saturated heterocycles. The number of pyridine rings is 1. The highest BCUT2D eigenvalue weighted by molar-refractivity contribution is 7.89. The maximum Gasteiger partial charge on any atom is 0.240 e. The van der Waals surface area contributed by atoms with Gasteiger partial charge in [0.25, 0.3) is 0 Å². The van der Waals surface area contributed by atoms with Crippen LogP contribution >= 0.6 is 0 Å². The Morgan fingerprint density at radius 2 is 1.96 bits per heavy atom. The maximum atomic E-state index is 12.3. The van der Waals surface area contributed by atoms with Crippen molar-refractivity contribution >= 4 is 15.8 Å². The van der Waals surface area contributed by atoms with Gasteiger partial charge in [0.1, 0.15) is 5.82 Å². The van der Waals surface area contributed by atoms with Gasteiger partial charge in [-0.25, -0.2) is 18.1 Å². The topological polar surface area (TPSA) is 118 Å². The lowest BCUT2D eigenvalue weighted by atomic mass is 10.2. The smallest absolute Gasteiger partial charge is 0.240 e. The quantitative estimate of drug-likeness (QED) is 0.646. The molecule has 0 atom stereocenters. The molecule has 2 N–H and O–H groups in total. The van der Waals surface area contributed by atoms with E-state index in [1.807, 2.05) is 0 Å². The van der Waals surface area contributed by atoms with Crippen LogP contribution in [0.5, 0.6) is 0 Å². The van der Waals surface area contributed by atoms with Crippen molar-refractivity contribution in [2.45, 2.75) is 18.4 Å². The molecule has 0 amide bonds. The second-order valence-corrected chi connectivity index (χ2v) is 7.02. The molecule has 1 aromatic carbocycles. The van der Waals surface area contributed by atoms with Crippen LogP contribution in [0.4, 0.5) is 0 Å². The van der Waals surface area contributed by atoms with E-state index in [2.05, 4.69) is 24.9 Å². The molecule has 8 nitrogen and oxygen atoms in total. The van der Waals surface area contributed by atoms with E-state index in [-0.39, 0.29) is 17.2 Å². The zero-order valence-electron chi connectivity index (χ0n) is 13.3. The van der Waals surface area contributed by atoms with Crippen LogP contribution in [0.2, 0.25) is 0 Å². The number of aromatic nitrogens is 4. The van der Waals surface area contributed by atoms with Crippen LogP contribution in [0.3, 0.4) is 0 Å². The predicted molar refractivity (Wildman–Crippen MR) is 90.1 cm³/mol. The van der Waals surface area contributed by atoms with E-state index < -0.39 is 10.0 Å². The second-order valence-electron chi connectivity index (χ2n) is 5.25. The highest BCUT2D eigenvalue weighted by atomic mass is 32.2. The molecule has 3 rings (SSSR count). The Hall–Kier alpha value is -2.91. The molecular weight excluding hydrogens is 342 g/mol. The number of ketones is 1. The van der Waals surface area contributed by atoms with Gasteiger partial charge in [-0.2, -0.15) is 5.10 Å². The first kappa shape index (κ1) is 16.9. The molecular formula is C16H15N5O3S. The molecule has 0 spiro atoms. The van der Waals surface area contributed by atoms with Crippen LogP contribution in [0, 0.1) is 0 Å². The van der Waals surface area contributed by atoms with E-state index in [4.69, 9.17) is 0 Å². The Balaban J connectivity index is 1.70. The van der Waals surface area contributed by atoms with Crippen molar-refractivity contribution in [3.8, 4) is 11.4 Å². The van der Waals surface area contributed by atoms with Gasteiger partial charge in [-0.15, -0.1) is 0 Å². The van der Waals surface area contributed by atoms with E-state index in [9.17, 15) is 13.2 Å². The summed E-state index contributed by atoms with van der Waals surface area (Å²) in [7, 11) is -3.72. The molecule has 3 aromatic rings. The number of carbonyl (C=O) groups excluding carboxylic acids is 1. The fraction of sp³-hybridized carbons (Fsp3) is 0.125. The van der Waals surface area contributed by atoms with Crippen LogP contribution < -0.4 is 4.72 Å². The molecule has 0 aliphatic rings. The number of Topliss-reactive ketones (excluding diaryl/α,β-unsaturated/α-hetero) is 1. The molecule has 0 fully saturated rings. The van der Waals surface area contributed by atoms with E-state index in [1.54, 1.807) is 24.5 Å². The van der Waals surface area contributed by atoms with Crippen molar-refractivity contribution in [1.82, 2.24) is 24.9 Å². The number of aromatic amines is 1. The fourth-order valence-electron chi connectivity index (χ4n) is 2.11. The number of sulfonamides is 1. The van der Waals surface area contributed by atoms with Gasteiger partial charge < -0.3 is 0 Å². The fourth-order valence-corrected chi connectivity index (χ4v) is 3.10. The molecule has 0 bridgehead atoms. The van der Waals surface area contributed by atoms with Gasteiger partial charge in [-0.05, 0) is 31.2 Å². The summed E-state index contributed by atoms with van der Waals surface area (Å²) in [5.41, 5.74) is 1.18. The van der Waals surface area contributed by atoms with E-state index >= 15 is 0 Å². The molecule has 128 valence electrons. The monoisotopic (exact) mass is 357 g/mol. The van der Waals surface area contributed by atoms with Crippen LogP contribution in [0.25, 0.3) is 11.4 Å². The Kier molecular flexibility index (Phi) is 4.68. The summed E-state index contributed by atoms with van der Waals surface area (Å²) < 4.78 is 27.0. The van der Waals surface area contributed by atoms with Crippen molar-refractivity contribution in [3.63, 3.8) is 0 Å². The number of benzene rings is 1. The SMILES string of the molecule is CC(=O)c1ccc(S(=O)(=O)NCc2nc(-c3cccnc3)n[nH]2)cc1. The Morgan fingerprint density at radius 3 is 2.60 bits per heavy atom. The number of carbonyl (C=O) groups is 1. The number of H-pyrrole nitrogens is 1. The van der Waals surface area contributed by atoms with Gasteiger partial charge in [0.2, 0.25) is 10.0 Å². The van der Waals surface area contributed by atoms with Crippen LogP contribution in [0.15, 0.2) is 53.7 Å². The lowest BCUT2D eigenvalue weighted by molar-refractivity contribution is 0.101. The first-order valence-corrected chi connectivity index (χ1v) is 8.86. The highest BCUT2D eigenvalue weighted by Gasteiger charge is 2.15. The van der Waals surface area contributed by atoms with Gasteiger partial charge >= 0.3 is 0 Å². The van der Waals surface area contributed by atoms with Crippen molar-refractivity contribution in [2.75, 3.05) is 0 Å². The normalized spacial score (nSPS) is 11.4. The summed E-state index contributed by atoms with van der Waals surface area (Å²) in [5, 5.41) is 6.73. The predicted octanol–water partition coefficient (Wildman–Crippen LogP) is 1.55. The largest absolute Gasteiger partial charge is 0.295 e. The van der Waals surface area contributed by atoms with Crippen LogP contribution in [-0.2, 0) is 16.6 Å². The summed E-state index contributed by atoms with van der Waals surface area (Å²) in [5.74, 6) is 0.692. The van der Waals surface area contributed by atoms with Gasteiger partial charge in [-0.3, -0.25) is 14.9 Å². The molecule has 9 heteroatoms. The third-order valence-electron chi connectivity index (χ3n) is 3.45. The number of hydrogen-bond acceptors (Lipinski definition) is 6. The van der Waals surface area contributed by atoms with E-state index in [1.165, 1.54) is 31.2 Å². The first-order chi connectivity index (χ1) is 12.0. The van der Waals surface area contributed by atoms with Gasteiger partial charge in [0.15, 0.2) is 11.6 Å². The minimum absolute atomic E-state index is 0.0376. The number of hydrogen-bond donors (Lipinski definition) is 2. The molecule has 0 unspecified atom stereocenters. The summed E-state index contributed by atoms with van der Waals surface area (Å²) >= 11 is 0. The highest BCUT2D eigenvalue weighted by Crippen LogP contribution is 2.13. The van der Waals surface area contributed by atoms with Gasteiger partial charge in [0.05, 0.1) is 11.4 Å². The minimum atomic E-state index is -3.72. The average molecular weight is 357 g/mol. The van der Waals surface area contributed by atoms with Crippen molar-refractivity contribution in [2.24, 2.45) is 0 Å².